The number of hydrogen-bond donors (Lipinski definition) is 2. The van der Waals surface area contributed by atoms with Gasteiger partial charge in [0.25, 0.3) is 5.89 Å². The van der Waals surface area contributed by atoms with Gasteiger partial charge in [-0.25, -0.2) is 9.18 Å². The normalized spacial score (nSPS) is 15.7. The number of phenols is 1. The number of ether oxygens (including phenoxy) is 1. The largest absolute Gasteiger partial charge is 0.504 e. The predicted molar refractivity (Wildman–Crippen MR) is 132 cm³/mol. The molecule has 0 bridgehead atoms. The maximum atomic E-state index is 13.6. The number of aryl methyl sites for hydroxylation is 1. The summed E-state index contributed by atoms with van der Waals surface area (Å²) in [5.41, 5.74) is 3.95. The van der Waals surface area contributed by atoms with Crippen LogP contribution in [0.4, 0.5) is 14.9 Å². The lowest BCUT2D eigenvalue weighted by Gasteiger charge is -2.35. The van der Waals surface area contributed by atoms with E-state index in [1.807, 2.05) is 31.2 Å². The number of phenolic OH excluding ortho intramolecular Hbond substituents is 1. The molecule has 1 aromatic heterocycles. The van der Waals surface area contributed by atoms with Crippen molar-refractivity contribution in [2.75, 3.05) is 12.0 Å². The number of methoxy groups -OCH3 is 1. The molecule has 8 nitrogen and oxygen atoms in total. The molecular weight excluding hydrogens is 463 g/mol. The van der Waals surface area contributed by atoms with Gasteiger partial charge in [0.2, 0.25) is 5.82 Å². The third-order valence-electron chi connectivity index (χ3n) is 6.04. The molecule has 1 aliphatic rings. The lowest BCUT2D eigenvalue weighted by atomic mass is 9.94. The van der Waals surface area contributed by atoms with E-state index in [1.165, 1.54) is 42.3 Å². The van der Waals surface area contributed by atoms with Gasteiger partial charge in [-0.15, -0.1) is 0 Å². The molecule has 36 heavy (non-hydrogen) atoms. The number of hydrogen-bond acceptors (Lipinski definition) is 6. The monoisotopic (exact) mass is 486 g/mol. The number of nitrogens with zero attached hydrogens (tertiary/aromatic N) is 3. The highest BCUT2D eigenvalue weighted by Crippen LogP contribution is 2.41. The summed E-state index contributed by atoms with van der Waals surface area (Å²) in [4.78, 5) is 19.3. The number of halogens is 1. The van der Waals surface area contributed by atoms with Crippen LogP contribution in [0.2, 0.25) is 0 Å². The SMILES string of the molecule is COc1ccc(C2NC(=O)N(c3ccc(F)cc3)C(C)=C2c2nc(-c3cccc(C)c3)no2)cc1O. The van der Waals surface area contributed by atoms with E-state index in [0.29, 0.717) is 34.1 Å². The Labute approximate surface area is 206 Å². The van der Waals surface area contributed by atoms with E-state index in [-0.39, 0.29) is 11.6 Å². The molecule has 0 saturated heterocycles. The molecule has 1 unspecified atom stereocenters. The molecule has 3 aromatic carbocycles. The van der Waals surface area contributed by atoms with Crippen molar-refractivity contribution < 1.29 is 23.6 Å². The molecule has 0 fully saturated rings. The molecule has 182 valence electrons. The van der Waals surface area contributed by atoms with E-state index < -0.39 is 17.9 Å². The number of carbonyl (C=O) groups excluding carboxylic acids is 1. The Kier molecular flexibility index (Phi) is 5.89. The lowest BCUT2D eigenvalue weighted by Crippen LogP contribution is -2.46. The molecule has 2 N–H and O–H groups in total. The Hall–Kier alpha value is -4.66. The molecular formula is C27H23FN4O4. The fraction of sp³-hybridized carbons (Fsp3) is 0.148. The summed E-state index contributed by atoms with van der Waals surface area (Å²) in [6, 6.07) is 17.0. The topological polar surface area (TPSA) is 101 Å². The summed E-state index contributed by atoms with van der Waals surface area (Å²) in [5, 5.41) is 17.5. The highest BCUT2D eigenvalue weighted by atomic mass is 19.1. The number of rotatable bonds is 5. The van der Waals surface area contributed by atoms with Gasteiger partial charge in [0.15, 0.2) is 11.5 Å². The van der Waals surface area contributed by atoms with Crippen LogP contribution in [0.3, 0.4) is 0 Å². The van der Waals surface area contributed by atoms with Crippen molar-refractivity contribution in [3.63, 3.8) is 0 Å². The van der Waals surface area contributed by atoms with Crippen LogP contribution in [-0.4, -0.2) is 28.4 Å². The van der Waals surface area contributed by atoms with Crippen molar-refractivity contribution in [2.24, 2.45) is 0 Å². The second-order valence-electron chi connectivity index (χ2n) is 8.42. The first-order valence-corrected chi connectivity index (χ1v) is 11.2. The number of urea groups is 1. The molecule has 4 aromatic rings. The number of allylic oxidation sites excluding steroid dienone is 1. The Morgan fingerprint density at radius 1 is 1.08 bits per heavy atom. The lowest BCUT2D eigenvalue weighted by molar-refractivity contribution is 0.244. The van der Waals surface area contributed by atoms with Crippen molar-refractivity contribution in [2.45, 2.75) is 19.9 Å². The van der Waals surface area contributed by atoms with Gasteiger partial charge in [-0.1, -0.05) is 35.0 Å². The van der Waals surface area contributed by atoms with Crippen molar-refractivity contribution in [3.8, 4) is 22.9 Å². The highest BCUT2D eigenvalue weighted by molar-refractivity contribution is 6.01. The standard InChI is InChI=1S/C27H23FN4O4/c1-15-5-4-6-18(13-15)25-30-26(36-31-25)23-16(2)32(20-10-8-19(28)9-11-20)27(34)29-24(23)17-7-12-22(35-3)21(33)14-17/h4-14,24,33H,1-3H3,(H,29,34). The van der Waals surface area contributed by atoms with Gasteiger partial charge >= 0.3 is 6.03 Å². The first kappa shape index (κ1) is 23.1. The van der Waals surface area contributed by atoms with Crippen LogP contribution in [0.15, 0.2) is 77.0 Å². The number of benzene rings is 3. The molecule has 9 heteroatoms. The highest BCUT2D eigenvalue weighted by Gasteiger charge is 2.37. The summed E-state index contributed by atoms with van der Waals surface area (Å²) in [6.45, 7) is 3.73. The van der Waals surface area contributed by atoms with E-state index >= 15 is 0 Å². The predicted octanol–water partition coefficient (Wildman–Crippen LogP) is 5.60. The fourth-order valence-corrected chi connectivity index (χ4v) is 4.29. The Balaban J connectivity index is 1.66. The molecule has 0 saturated carbocycles. The zero-order chi connectivity index (χ0) is 25.4. The summed E-state index contributed by atoms with van der Waals surface area (Å²) >= 11 is 0. The van der Waals surface area contributed by atoms with Crippen molar-refractivity contribution >= 4 is 17.3 Å². The molecule has 0 radical (unpaired) electrons. The quantitative estimate of drug-likeness (QED) is 0.381. The van der Waals surface area contributed by atoms with E-state index in [0.717, 1.165) is 11.1 Å². The number of aromatic nitrogens is 2. The second-order valence-corrected chi connectivity index (χ2v) is 8.42. The van der Waals surface area contributed by atoms with Crippen molar-refractivity contribution in [1.82, 2.24) is 15.5 Å². The van der Waals surface area contributed by atoms with E-state index in [4.69, 9.17) is 9.26 Å². The molecule has 1 aliphatic heterocycles. The molecule has 5 rings (SSSR count). The number of aromatic hydroxyl groups is 1. The van der Waals surface area contributed by atoms with Crippen molar-refractivity contribution in [1.29, 1.82) is 0 Å². The zero-order valence-corrected chi connectivity index (χ0v) is 19.8. The Bertz CT molecular complexity index is 1480. The van der Waals surface area contributed by atoms with Crippen LogP contribution in [0.25, 0.3) is 17.0 Å². The summed E-state index contributed by atoms with van der Waals surface area (Å²) < 4.78 is 24.4. The minimum Gasteiger partial charge on any atom is -0.504 e. The molecule has 1 atom stereocenters. The number of amides is 2. The fourth-order valence-electron chi connectivity index (χ4n) is 4.29. The third kappa shape index (κ3) is 4.15. The van der Waals surface area contributed by atoms with Crippen LogP contribution in [0.5, 0.6) is 11.5 Å². The van der Waals surface area contributed by atoms with Gasteiger partial charge < -0.3 is 19.7 Å². The minimum absolute atomic E-state index is 0.0757. The van der Waals surface area contributed by atoms with Gasteiger partial charge in [0.05, 0.1) is 24.4 Å². The average molecular weight is 487 g/mol. The molecule has 0 spiro atoms. The number of carbonyl (C=O) groups is 1. The van der Waals surface area contributed by atoms with Gasteiger partial charge in [0.1, 0.15) is 5.82 Å². The summed E-state index contributed by atoms with van der Waals surface area (Å²) in [7, 11) is 1.46. The molecule has 0 aliphatic carbocycles. The van der Waals surface area contributed by atoms with Gasteiger partial charge in [-0.2, -0.15) is 4.98 Å². The van der Waals surface area contributed by atoms with Crippen LogP contribution in [-0.2, 0) is 0 Å². The second kappa shape index (κ2) is 9.18. The third-order valence-corrected chi connectivity index (χ3v) is 6.04. The van der Waals surface area contributed by atoms with Crippen LogP contribution >= 0.6 is 0 Å². The van der Waals surface area contributed by atoms with Gasteiger partial charge in [0, 0.05) is 11.3 Å². The van der Waals surface area contributed by atoms with Crippen molar-refractivity contribution in [3.05, 3.63) is 95.3 Å². The van der Waals surface area contributed by atoms with Gasteiger partial charge in [-0.3, -0.25) is 4.90 Å². The maximum Gasteiger partial charge on any atom is 0.326 e. The maximum absolute atomic E-state index is 13.6. The minimum atomic E-state index is -0.711. The summed E-state index contributed by atoms with van der Waals surface area (Å²) in [6.07, 6.45) is 0. The summed E-state index contributed by atoms with van der Waals surface area (Å²) in [5.74, 6) is 0.417. The smallest absolute Gasteiger partial charge is 0.326 e. The van der Waals surface area contributed by atoms with E-state index in [1.54, 1.807) is 19.1 Å². The van der Waals surface area contributed by atoms with Crippen LogP contribution in [0, 0.1) is 12.7 Å². The van der Waals surface area contributed by atoms with E-state index in [2.05, 4.69) is 15.5 Å². The van der Waals surface area contributed by atoms with E-state index in [9.17, 15) is 14.3 Å². The van der Waals surface area contributed by atoms with Crippen LogP contribution < -0.4 is 15.0 Å². The molecule has 2 heterocycles. The molecule has 2 amide bonds. The first-order valence-electron chi connectivity index (χ1n) is 11.2. The zero-order valence-electron chi connectivity index (χ0n) is 19.8. The average Bonchev–Trinajstić information content (AvgIpc) is 3.34. The number of nitrogens with one attached hydrogen (secondary N) is 1. The Morgan fingerprint density at radius 3 is 2.56 bits per heavy atom. The van der Waals surface area contributed by atoms with Crippen LogP contribution in [0.1, 0.15) is 30.0 Å². The number of anilines is 1. The Morgan fingerprint density at radius 2 is 1.86 bits per heavy atom. The first-order chi connectivity index (χ1) is 17.4. The van der Waals surface area contributed by atoms with Gasteiger partial charge in [-0.05, 0) is 61.9 Å².